The van der Waals surface area contributed by atoms with E-state index < -0.39 is 0 Å². The van der Waals surface area contributed by atoms with Crippen LogP contribution in [-0.2, 0) is 0 Å². The number of para-hydroxylation sites is 1. The highest BCUT2D eigenvalue weighted by Gasteiger charge is 2.12. The van der Waals surface area contributed by atoms with Gasteiger partial charge in [-0.1, -0.05) is 60.1 Å². The molecule has 0 aliphatic carbocycles. The molecule has 0 aliphatic heterocycles. The number of nitrogens with one attached hydrogen (secondary N) is 1. The van der Waals surface area contributed by atoms with Crippen molar-refractivity contribution in [1.82, 2.24) is 9.97 Å². The molecule has 0 amide bonds. The van der Waals surface area contributed by atoms with Crippen molar-refractivity contribution in [3.8, 4) is 11.3 Å². The van der Waals surface area contributed by atoms with Gasteiger partial charge in [-0.25, -0.2) is 9.97 Å². The molecule has 0 radical (unpaired) electrons. The van der Waals surface area contributed by atoms with Crippen LogP contribution in [0, 0.1) is 13.8 Å². The van der Waals surface area contributed by atoms with Crippen molar-refractivity contribution in [2.45, 2.75) is 13.8 Å². The minimum atomic E-state index is 0.566. The molecule has 4 aromatic rings. The van der Waals surface area contributed by atoms with E-state index in [1.54, 1.807) is 0 Å². The maximum atomic E-state index is 6.20. The molecule has 3 aromatic carbocycles. The van der Waals surface area contributed by atoms with E-state index in [-0.39, 0.29) is 0 Å². The van der Waals surface area contributed by atoms with E-state index in [1.807, 2.05) is 42.5 Å². The van der Waals surface area contributed by atoms with Crippen molar-refractivity contribution in [3.05, 3.63) is 82.9 Å². The molecule has 4 heteroatoms. The average Bonchev–Trinajstić information content (AvgIpc) is 2.64. The molecular formula is C22H18ClN3. The van der Waals surface area contributed by atoms with Gasteiger partial charge in [0.05, 0.1) is 11.2 Å². The van der Waals surface area contributed by atoms with E-state index in [1.165, 1.54) is 0 Å². The summed E-state index contributed by atoms with van der Waals surface area (Å²) >= 11 is 6.20. The van der Waals surface area contributed by atoms with Crippen LogP contribution in [0.2, 0.25) is 5.02 Å². The second-order valence-electron chi connectivity index (χ2n) is 6.32. The molecule has 0 atom stereocenters. The lowest BCUT2D eigenvalue weighted by molar-refractivity contribution is 1.20. The van der Waals surface area contributed by atoms with Gasteiger partial charge in [0.2, 0.25) is 5.95 Å². The average molecular weight is 360 g/mol. The maximum absolute atomic E-state index is 6.20. The number of fused-ring (bicyclic) bond motifs is 1. The lowest BCUT2D eigenvalue weighted by Crippen LogP contribution is -2.02. The third kappa shape index (κ3) is 3.14. The highest BCUT2D eigenvalue weighted by Crippen LogP contribution is 2.30. The molecule has 4 rings (SSSR count). The quantitative estimate of drug-likeness (QED) is 0.465. The zero-order valence-corrected chi connectivity index (χ0v) is 15.4. The summed E-state index contributed by atoms with van der Waals surface area (Å²) in [6.45, 7) is 4.15. The predicted octanol–water partition coefficient (Wildman–Crippen LogP) is 6.31. The monoisotopic (exact) mass is 359 g/mol. The van der Waals surface area contributed by atoms with Crippen molar-refractivity contribution in [2.24, 2.45) is 0 Å². The fourth-order valence-corrected chi connectivity index (χ4v) is 3.26. The van der Waals surface area contributed by atoms with Gasteiger partial charge in [0.1, 0.15) is 0 Å². The number of hydrogen-bond acceptors (Lipinski definition) is 3. The van der Waals surface area contributed by atoms with E-state index in [0.717, 1.165) is 39.0 Å². The van der Waals surface area contributed by atoms with Crippen LogP contribution >= 0.6 is 11.6 Å². The number of aromatic nitrogens is 2. The molecule has 26 heavy (non-hydrogen) atoms. The Bertz CT molecular complexity index is 1070. The van der Waals surface area contributed by atoms with Crippen molar-refractivity contribution < 1.29 is 0 Å². The third-order valence-electron chi connectivity index (χ3n) is 4.42. The number of aryl methyl sites for hydroxylation is 2. The third-order valence-corrected chi connectivity index (χ3v) is 4.66. The smallest absolute Gasteiger partial charge is 0.228 e. The largest absolute Gasteiger partial charge is 0.324 e. The van der Waals surface area contributed by atoms with E-state index in [9.17, 15) is 0 Å². The molecule has 0 aliphatic rings. The minimum Gasteiger partial charge on any atom is -0.324 e. The molecule has 0 fully saturated rings. The van der Waals surface area contributed by atoms with Gasteiger partial charge in [0.25, 0.3) is 0 Å². The number of anilines is 2. The molecule has 0 bridgehead atoms. The molecule has 1 aromatic heterocycles. The van der Waals surface area contributed by atoms with Gasteiger partial charge in [-0.3, -0.25) is 0 Å². The van der Waals surface area contributed by atoms with Crippen LogP contribution in [0.5, 0.6) is 0 Å². The van der Waals surface area contributed by atoms with E-state index in [0.29, 0.717) is 11.0 Å². The van der Waals surface area contributed by atoms with Crippen LogP contribution < -0.4 is 5.32 Å². The van der Waals surface area contributed by atoms with Crippen LogP contribution in [0.1, 0.15) is 11.1 Å². The van der Waals surface area contributed by atoms with Gasteiger partial charge < -0.3 is 5.32 Å². The second-order valence-corrected chi connectivity index (χ2v) is 6.75. The Morgan fingerprint density at radius 1 is 0.808 bits per heavy atom. The fraction of sp³-hybridized carbons (Fsp3) is 0.0909. The van der Waals surface area contributed by atoms with Gasteiger partial charge in [0.15, 0.2) is 0 Å². The van der Waals surface area contributed by atoms with Gasteiger partial charge in [-0.2, -0.15) is 0 Å². The lowest BCUT2D eigenvalue weighted by atomic mass is 10.1. The highest BCUT2D eigenvalue weighted by atomic mass is 35.5. The van der Waals surface area contributed by atoms with E-state index in [4.69, 9.17) is 21.6 Å². The van der Waals surface area contributed by atoms with E-state index in [2.05, 4.69) is 43.4 Å². The summed E-state index contributed by atoms with van der Waals surface area (Å²) < 4.78 is 0. The maximum Gasteiger partial charge on any atom is 0.228 e. The van der Waals surface area contributed by atoms with Gasteiger partial charge in [-0.15, -0.1) is 0 Å². The SMILES string of the molecule is Cc1cccc(C)c1Nc1nc(-c2ccccc2)c2ccc(Cl)cc2n1. The van der Waals surface area contributed by atoms with Crippen LogP contribution in [0.15, 0.2) is 66.7 Å². The molecular weight excluding hydrogens is 342 g/mol. The van der Waals surface area contributed by atoms with Gasteiger partial charge in [-0.05, 0) is 43.2 Å². The molecule has 1 N–H and O–H groups in total. The van der Waals surface area contributed by atoms with Crippen LogP contribution in [0.3, 0.4) is 0 Å². The molecule has 1 heterocycles. The van der Waals surface area contributed by atoms with Crippen molar-refractivity contribution >= 4 is 34.1 Å². The number of rotatable bonds is 3. The Labute approximate surface area is 157 Å². The van der Waals surface area contributed by atoms with Crippen molar-refractivity contribution in [2.75, 3.05) is 5.32 Å². The van der Waals surface area contributed by atoms with Crippen LogP contribution in [0.4, 0.5) is 11.6 Å². The summed E-state index contributed by atoms with van der Waals surface area (Å²) in [5, 5.41) is 5.04. The summed E-state index contributed by atoms with van der Waals surface area (Å²) in [4.78, 5) is 9.51. The molecule has 3 nitrogen and oxygen atoms in total. The number of halogens is 1. The number of benzene rings is 3. The first-order valence-corrected chi connectivity index (χ1v) is 8.85. The number of nitrogens with zero attached hydrogens (tertiary/aromatic N) is 2. The summed E-state index contributed by atoms with van der Waals surface area (Å²) in [6, 6.07) is 22.1. The fourth-order valence-electron chi connectivity index (χ4n) is 3.10. The first-order chi connectivity index (χ1) is 12.6. The minimum absolute atomic E-state index is 0.566. The second kappa shape index (κ2) is 6.77. The van der Waals surface area contributed by atoms with E-state index >= 15 is 0 Å². The summed E-state index contributed by atoms with van der Waals surface area (Å²) in [6.07, 6.45) is 0. The standard InChI is InChI=1S/C22H18ClN3/c1-14-7-6-8-15(2)20(14)25-22-24-19-13-17(23)11-12-18(19)21(26-22)16-9-4-3-5-10-16/h3-13H,1-2H3,(H,24,25,26). The Kier molecular flexibility index (Phi) is 4.31. The Balaban J connectivity index is 1.91. The zero-order chi connectivity index (χ0) is 18.1. The Morgan fingerprint density at radius 3 is 2.27 bits per heavy atom. The molecule has 0 saturated carbocycles. The molecule has 0 unspecified atom stereocenters. The van der Waals surface area contributed by atoms with Crippen molar-refractivity contribution in [3.63, 3.8) is 0 Å². The normalized spacial score (nSPS) is 10.9. The Hall–Kier alpha value is -2.91. The van der Waals surface area contributed by atoms with Gasteiger partial charge >= 0.3 is 0 Å². The predicted molar refractivity (Wildman–Crippen MR) is 109 cm³/mol. The topological polar surface area (TPSA) is 37.8 Å². The highest BCUT2D eigenvalue weighted by molar-refractivity contribution is 6.31. The van der Waals surface area contributed by atoms with Crippen molar-refractivity contribution in [1.29, 1.82) is 0 Å². The van der Waals surface area contributed by atoms with Crippen LogP contribution in [0.25, 0.3) is 22.2 Å². The lowest BCUT2D eigenvalue weighted by Gasteiger charge is -2.14. The molecule has 0 saturated heterocycles. The summed E-state index contributed by atoms with van der Waals surface area (Å²) in [7, 11) is 0. The number of hydrogen-bond donors (Lipinski definition) is 1. The summed E-state index contributed by atoms with van der Waals surface area (Å²) in [5.41, 5.74) is 6.10. The Morgan fingerprint density at radius 2 is 1.54 bits per heavy atom. The summed E-state index contributed by atoms with van der Waals surface area (Å²) in [5.74, 6) is 0.566. The first kappa shape index (κ1) is 16.6. The van der Waals surface area contributed by atoms with Gasteiger partial charge in [0, 0.05) is 21.7 Å². The first-order valence-electron chi connectivity index (χ1n) is 8.48. The zero-order valence-electron chi connectivity index (χ0n) is 14.6. The molecule has 128 valence electrons. The van der Waals surface area contributed by atoms with Crippen LogP contribution in [-0.4, -0.2) is 9.97 Å². The molecule has 0 spiro atoms.